The number of urea groups is 1. The number of carbonyl (C=O) groups excluding carboxylic acids is 1. The lowest BCUT2D eigenvalue weighted by molar-refractivity contribution is -0.0129. The predicted octanol–water partition coefficient (Wildman–Crippen LogP) is 2.01. The number of benzene rings is 1. The molecular weight excluding hydrogens is 428 g/mol. The number of hydrogen-bond acceptors (Lipinski definition) is 5. The first-order chi connectivity index (χ1) is 14.2. The van der Waals surface area contributed by atoms with Crippen molar-refractivity contribution in [2.24, 2.45) is 5.92 Å². The van der Waals surface area contributed by atoms with Crippen LogP contribution in [0.15, 0.2) is 18.3 Å². The molecule has 0 saturated carbocycles. The van der Waals surface area contributed by atoms with Gasteiger partial charge in [0.2, 0.25) is 0 Å². The van der Waals surface area contributed by atoms with Gasteiger partial charge in [-0.2, -0.15) is 5.10 Å². The Balaban J connectivity index is 1.32. The smallest absolute Gasteiger partial charge is 0.320 e. The van der Waals surface area contributed by atoms with Gasteiger partial charge >= 0.3 is 6.03 Å². The monoisotopic (exact) mass is 452 g/mol. The summed E-state index contributed by atoms with van der Waals surface area (Å²) >= 11 is 6.24. The normalized spacial score (nSPS) is 29.0. The first kappa shape index (κ1) is 20.1. The Morgan fingerprint density at radius 2 is 1.80 bits per heavy atom. The van der Waals surface area contributed by atoms with Crippen LogP contribution < -0.4 is 0 Å². The summed E-state index contributed by atoms with van der Waals surface area (Å²) in [5.41, 5.74) is 1.15. The summed E-state index contributed by atoms with van der Waals surface area (Å²) < 4.78 is 25.2. The van der Waals surface area contributed by atoms with Gasteiger partial charge in [-0.3, -0.25) is 4.68 Å². The lowest BCUT2D eigenvalue weighted by Gasteiger charge is -2.44. The number of carbonyl (C=O) groups is 1. The third-order valence-corrected chi connectivity index (χ3v) is 9.00. The van der Waals surface area contributed by atoms with E-state index in [-0.39, 0.29) is 36.5 Å². The first-order valence-electron chi connectivity index (χ1n) is 10.3. The quantitative estimate of drug-likeness (QED) is 0.714. The molecule has 30 heavy (non-hydrogen) atoms. The van der Waals surface area contributed by atoms with Gasteiger partial charge in [-0.05, 0) is 37.8 Å². The zero-order valence-corrected chi connectivity index (χ0v) is 18.4. The van der Waals surface area contributed by atoms with Crippen molar-refractivity contribution in [1.82, 2.24) is 19.6 Å². The van der Waals surface area contributed by atoms with Crippen LogP contribution in [-0.2, 0) is 15.4 Å². The molecule has 2 amide bonds. The van der Waals surface area contributed by atoms with Crippen LogP contribution in [0.5, 0.6) is 0 Å². The van der Waals surface area contributed by atoms with Gasteiger partial charge in [0.15, 0.2) is 9.84 Å². The largest absolute Gasteiger partial charge is 0.386 e. The number of aliphatic hydroxyl groups is 1. The van der Waals surface area contributed by atoms with E-state index in [1.165, 1.54) is 0 Å². The highest BCUT2D eigenvalue weighted by atomic mass is 35.5. The summed E-state index contributed by atoms with van der Waals surface area (Å²) in [7, 11) is -3.02. The van der Waals surface area contributed by atoms with Crippen LogP contribution in [0.1, 0.15) is 31.4 Å². The van der Waals surface area contributed by atoms with Crippen molar-refractivity contribution in [3.63, 3.8) is 0 Å². The van der Waals surface area contributed by atoms with Crippen LogP contribution in [0.4, 0.5) is 4.79 Å². The summed E-state index contributed by atoms with van der Waals surface area (Å²) in [6.45, 7) is 3.72. The molecule has 162 valence electrons. The zero-order valence-electron chi connectivity index (χ0n) is 16.8. The summed E-state index contributed by atoms with van der Waals surface area (Å²) in [5.74, 6) is 0.220. The van der Waals surface area contributed by atoms with E-state index in [1.54, 1.807) is 11.1 Å². The molecule has 10 heteroatoms. The third kappa shape index (κ3) is 2.93. The SMILES string of the molecule is CC1(C2CCN(C(=O)N3CCS(=O)(=O)CC3)CC2)[C@H](O)c2cc(Cl)cc3cnn1c23. The fourth-order valence-electron chi connectivity index (χ4n) is 5.32. The number of aliphatic hydroxyl groups excluding tert-OH is 1. The molecule has 1 unspecified atom stereocenters. The maximum Gasteiger partial charge on any atom is 0.320 e. The lowest BCUT2D eigenvalue weighted by atomic mass is 9.75. The van der Waals surface area contributed by atoms with Gasteiger partial charge in [-0.15, -0.1) is 0 Å². The maximum atomic E-state index is 12.8. The predicted molar refractivity (Wildman–Crippen MR) is 113 cm³/mol. The average molecular weight is 453 g/mol. The van der Waals surface area contributed by atoms with Crippen molar-refractivity contribution in [2.45, 2.75) is 31.4 Å². The van der Waals surface area contributed by atoms with E-state index in [2.05, 4.69) is 5.10 Å². The molecule has 1 aromatic heterocycles. The fourth-order valence-corrected chi connectivity index (χ4v) is 6.76. The Morgan fingerprint density at radius 3 is 2.47 bits per heavy atom. The van der Waals surface area contributed by atoms with Gasteiger partial charge in [-0.1, -0.05) is 11.6 Å². The summed E-state index contributed by atoms with van der Waals surface area (Å²) in [6.07, 6.45) is 2.57. The number of nitrogens with zero attached hydrogens (tertiary/aromatic N) is 4. The summed E-state index contributed by atoms with van der Waals surface area (Å²) in [6, 6.07) is 3.60. The fraction of sp³-hybridized carbons (Fsp3) is 0.600. The Morgan fingerprint density at radius 1 is 1.17 bits per heavy atom. The molecule has 2 atom stereocenters. The highest BCUT2D eigenvalue weighted by Crippen LogP contribution is 2.51. The zero-order chi connectivity index (χ0) is 21.3. The van der Waals surface area contributed by atoms with E-state index in [4.69, 9.17) is 11.6 Å². The molecule has 0 spiro atoms. The number of rotatable bonds is 1. The molecule has 2 fully saturated rings. The molecule has 5 rings (SSSR count). The molecule has 1 aromatic carbocycles. The molecule has 2 saturated heterocycles. The first-order valence-corrected chi connectivity index (χ1v) is 12.5. The van der Waals surface area contributed by atoms with Crippen LogP contribution in [0.25, 0.3) is 10.9 Å². The average Bonchev–Trinajstić information content (AvgIpc) is 3.24. The van der Waals surface area contributed by atoms with Crippen molar-refractivity contribution in [1.29, 1.82) is 0 Å². The molecule has 4 heterocycles. The van der Waals surface area contributed by atoms with Gasteiger partial charge < -0.3 is 14.9 Å². The number of likely N-dealkylation sites (tertiary alicyclic amines) is 1. The minimum atomic E-state index is -3.02. The van der Waals surface area contributed by atoms with E-state index in [9.17, 15) is 18.3 Å². The van der Waals surface area contributed by atoms with Crippen LogP contribution in [-0.4, -0.2) is 76.8 Å². The molecule has 8 nitrogen and oxygen atoms in total. The molecule has 3 aliphatic heterocycles. The lowest BCUT2D eigenvalue weighted by Crippen LogP contribution is -2.53. The maximum absolute atomic E-state index is 12.8. The highest BCUT2D eigenvalue weighted by molar-refractivity contribution is 7.91. The van der Waals surface area contributed by atoms with Gasteiger partial charge in [0.05, 0.1) is 28.8 Å². The standard InChI is InChI=1S/C20H25ClN4O4S/c1-20(18(26)16-11-15(21)10-13-12-22-25(20)17(13)16)14-2-4-23(5-3-14)19(27)24-6-8-30(28,29)9-7-24/h10-12,14,18,26H,2-9H2,1H3/t18-,20?/m1/s1. The number of halogens is 1. The van der Waals surface area contributed by atoms with E-state index >= 15 is 0 Å². The Hall–Kier alpha value is -1.84. The molecule has 1 N–H and O–H groups in total. The van der Waals surface area contributed by atoms with E-state index in [0.717, 1.165) is 29.3 Å². The van der Waals surface area contributed by atoms with Gasteiger partial charge in [0.25, 0.3) is 0 Å². The molecule has 2 aromatic rings. The molecule has 3 aliphatic rings. The van der Waals surface area contributed by atoms with Crippen LogP contribution >= 0.6 is 11.6 Å². The highest BCUT2D eigenvalue weighted by Gasteiger charge is 2.50. The molecule has 0 radical (unpaired) electrons. The minimum absolute atomic E-state index is 0.0373. The molecule has 0 bridgehead atoms. The Bertz CT molecular complexity index is 1110. The third-order valence-electron chi connectivity index (χ3n) is 7.17. The van der Waals surface area contributed by atoms with Crippen LogP contribution in [0.3, 0.4) is 0 Å². The van der Waals surface area contributed by atoms with Crippen LogP contribution in [0.2, 0.25) is 5.02 Å². The second-order valence-corrected chi connectivity index (χ2v) is 11.5. The summed E-state index contributed by atoms with van der Waals surface area (Å²) in [5, 5.41) is 17.3. The molecule has 0 aliphatic carbocycles. The molecular formula is C20H25ClN4O4S. The summed E-state index contributed by atoms with van der Waals surface area (Å²) in [4.78, 5) is 16.3. The Labute approximate surface area is 180 Å². The second-order valence-electron chi connectivity index (χ2n) is 8.80. The number of piperidine rings is 1. The number of amides is 2. The number of hydrogen-bond donors (Lipinski definition) is 1. The van der Waals surface area contributed by atoms with Gasteiger partial charge in [-0.25, -0.2) is 13.2 Å². The van der Waals surface area contributed by atoms with Crippen molar-refractivity contribution in [3.8, 4) is 0 Å². The van der Waals surface area contributed by atoms with Crippen molar-refractivity contribution < 1.29 is 18.3 Å². The van der Waals surface area contributed by atoms with E-state index in [1.807, 2.05) is 28.6 Å². The van der Waals surface area contributed by atoms with Gasteiger partial charge in [0.1, 0.15) is 6.10 Å². The van der Waals surface area contributed by atoms with Gasteiger partial charge in [0, 0.05) is 42.2 Å². The second kappa shape index (κ2) is 6.83. The van der Waals surface area contributed by atoms with Crippen molar-refractivity contribution >= 4 is 38.4 Å². The topological polar surface area (TPSA) is 95.7 Å². The number of sulfone groups is 1. The minimum Gasteiger partial charge on any atom is -0.386 e. The number of aromatic nitrogens is 2. The van der Waals surface area contributed by atoms with Crippen molar-refractivity contribution in [3.05, 3.63) is 28.9 Å². The van der Waals surface area contributed by atoms with E-state index < -0.39 is 21.5 Å². The Kier molecular flexibility index (Phi) is 4.57. The van der Waals surface area contributed by atoms with Crippen molar-refractivity contribution in [2.75, 3.05) is 37.7 Å². The van der Waals surface area contributed by atoms with E-state index in [0.29, 0.717) is 18.1 Å². The van der Waals surface area contributed by atoms with Crippen LogP contribution in [0, 0.1) is 5.92 Å².